The molecule has 4 rings (SSSR count). The molecule has 0 unspecified atom stereocenters. The van der Waals surface area contributed by atoms with Crippen LogP contribution in [-0.2, 0) is 16.1 Å². The summed E-state index contributed by atoms with van der Waals surface area (Å²) in [5.41, 5.74) is 2.58. The Bertz CT molecular complexity index is 1350. The number of carbonyl (C=O) groups excluding carboxylic acids is 2. The Kier molecular flexibility index (Phi) is 8.26. The van der Waals surface area contributed by atoms with Crippen molar-refractivity contribution in [1.82, 2.24) is 4.90 Å². The van der Waals surface area contributed by atoms with E-state index in [1.807, 2.05) is 12.1 Å². The lowest BCUT2D eigenvalue weighted by atomic mass is 10.2. The summed E-state index contributed by atoms with van der Waals surface area (Å²) in [4.78, 5) is 30.9. The molecular formula is C26H19Cl3N2O4S. The molecule has 10 heteroatoms. The molecule has 0 aromatic heterocycles. The summed E-state index contributed by atoms with van der Waals surface area (Å²) in [6, 6.07) is 17.2. The van der Waals surface area contributed by atoms with Crippen LogP contribution in [0, 0.1) is 0 Å². The smallest absolute Gasteiger partial charge is 0.337 e. The zero-order valence-corrected chi connectivity index (χ0v) is 22.2. The molecule has 0 spiro atoms. The van der Waals surface area contributed by atoms with E-state index in [1.165, 1.54) is 23.8 Å². The molecular weight excluding hydrogens is 543 g/mol. The van der Waals surface area contributed by atoms with Crippen molar-refractivity contribution < 1.29 is 19.1 Å². The normalized spacial score (nSPS) is 15.6. The van der Waals surface area contributed by atoms with Gasteiger partial charge in [0.25, 0.3) is 5.91 Å². The van der Waals surface area contributed by atoms with E-state index in [2.05, 4.69) is 4.99 Å². The first kappa shape index (κ1) is 26.1. The van der Waals surface area contributed by atoms with Crippen molar-refractivity contribution in [2.45, 2.75) is 6.61 Å². The molecule has 0 radical (unpaired) electrons. The number of hydrogen-bond donors (Lipinski definition) is 0. The molecule has 0 aliphatic carbocycles. The fourth-order valence-corrected chi connectivity index (χ4v) is 4.97. The molecule has 3 aromatic carbocycles. The summed E-state index contributed by atoms with van der Waals surface area (Å²) >= 11 is 20.0. The standard InChI is InChI=1S/C26H19Cl3N2O4S/c1-31-24(32)22(36-26(31)30-19-9-5-17(6-10-19)25(33)34-2)13-16-11-20(28)23(21(29)12-16)35-14-15-3-7-18(27)8-4-15/h3-13H,14H2,1-2H3. The van der Waals surface area contributed by atoms with E-state index in [9.17, 15) is 9.59 Å². The Labute approximate surface area is 227 Å². The highest BCUT2D eigenvalue weighted by Crippen LogP contribution is 2.38. The molecule has 36 heavy (non-hydrogen) atoms. The largest absolute Gasteiger partial charge is 0.486 e. The molecule has 1 aliphatic rings. The zero-order chi connectivity index (χ0) is 25.8. The van der Waals surface area contributed by atoms with Crippen LogP contribution >= 0.6 is 46.6 Å². The highest BCUT2D eigenvalue weighted by Gasteiger charge is 2.30. The number of rotatable bonds is 6. The maximum Gasteiger partial charge on any atom is 0.337 e. The maximum absolute atomic E-state index is 12.8. The third kappa shape index (κ3) is 6.05. The van der Waals surface area contributed by atoms with Gasteiger partial charge in [-0.15, -0.1) is 0 Å². The van der Waals surface area contributed by atoms with Crippen LogP contribution in [0.4, 0.5) is 5.69 Å². The van der Waals surface area contributed by atoms with Gasteiger partial charge in [0.1, 0.15) is 6.61 Å². The first-order valence-electron chi connectivity index (χ1n) is 10.6. The summed E-state index contributed by atoms with van der Waals surface area (Å²) in [5.74, 6) is -0.281. The van der Waals surface area contributed by atoms with Gasteiger partial charge in [0.05, 0.1) is 33.3 Å². The van der Waals surface area contributed by atoms with Crippen LogP contribution in [0.15, 0.2) is 70.6 Å². The van der Waals surface area contributed by atoms with Gasteiger partial charge in [0.2, 0.25) is 0 Å². The number of hydrogen-bond acceptors (Lipinski definition) is 6. The number of nitrogens with zero attached hydrogens (tertiary/aromatic N) is 2. The van der Waals surface area contributed by atoms with Gasteiger partial charge >= 0.3 is 5.97 Å². The monoisotopic (exact) mass is 560 g/mol. The third-order valence-electron chi connectivity index (χ3n) is 5.13. The Balaban J connectivity index is 1.51. The predicted octanol–water partition coefficient (Wildman–Crippen LogP) is 7.25. The number of amidine groups is 1. The molecule has 6 nitrogen and oxygen atoms in total. The van der Waals surface area contributed by atoms with Gasteiger partial charge in [-0.05, 0) is 77.5 Å². The second-order valence-electron chi connectivity index (χ2n) is 7.64. The number of carbonyl (C=O) groups is 2. The minimum atomic E-state index is -0.430. The summed E-state index contributed by atoms with van der Waals surface area (Å²) < 4.78 is 10.5. The number of amides is 1. The number of esters is 1. The van der Waals surface area contributed by atoms with Crippen LogP contribution in [-0.4, -0.2) is 36.1 Å². The number of methoxy groups -OCH3 is 1. The predicted molar refractivity (Wildman–Crippen MR) is 145 cm³/mol. The number of thioether (sulfide) groups is 1. The van der Waals surface area contributed by atoms with Gasteiger partial charge in [-0.1, -0.05) is 46.9 Å². The number of halogens is 3. The van der Waals surface area contributed by atoms with Crippen molar-refractivity contribution >= 4 is 75.4 Å². The Morgan fingerprint density at radius 2 is 1.67 bits per heavy atom. The first-order valence-corrected chi connectivity index (χ1v) is 12.5. The van der Waals surface area contributed by atoms with Crippen molar-refractivity contribution in [2.24, 2.45) is 4.99 Å². The molecule has 3 aromatic rings. The van der Waals surface area contributed by atoms with E-state index in [1.54, 1.807) is 61.7 Å². The average molecular weight is 562 g/mol. The summed E-state index contributed by atoms with van der Waals surface area (Å²) in [5, 5.41) is 1.79. The van der Waals surface area contributed by atoms with Crippen LogP contribution in [0.5, 0.6) is 5.75 Å². The maximum atomic E-state index is 12.8. The minimum absolute atomic E-state index is 0.208. The lowest BCUT2D eigenvalue weighted by Crippen LogP contribution is -2.23. The van der Waals surface area contributed by atoms with Gasteiger partial charge in [0.15, 0.2) is 10.9 Å². The first-order chi connectivity index (χ1) is 17.2. The fraction of sp³-hybridized carbons (Fsp3) is 0.115. The fourth-order valence-electron chi connectivity index (χ4n) is 3.24. The SMILES string of the molecule is COC(=O)c1ccc(N=C2SC(=Cc3cc(Cl)c(OCc4ccc(Cl)cc4)c(Cl)c3)C(=O)N2C)cc1. The molecule has 0 saturated carbocycles. The second-order valence-corrected chi connectivity index (χ2v) is 9.90. The molecule has 1 fully saturated rings. The Morgan fingerprint density at radius 1 is 1.03 bits per heavy atom. The van der Waals surface area contributed by atoms with Gasteiger partial charge in [-0.3, -0.25) is 9.69 Å². The average Bonchev–Trinajstić information content (AvgIpc) is 3.12. The number of likely N-dealkylation sites (N-methyl/N-ethyl adjacent to an activating group) is 1. The van der Waals surface area contributed by atoms with E-state index in [0.717, 1.165) is 5.56 Å². The highest BCUT2D eigenvalue weighted by molar-refractivity contribution is 8.18. The quantitative estimate of drug-likeness (QED) is 0.234. The summed E-state index contributed by atoms with van der Waals surface area (Å²) in [6.07, 6.45) is 1.70. The summed E-state index contributed by atoms with van der Waals surface area (Å²) in [6.45, 7) is 0.274. The van der Waals surface area contributed by atoms with E-state index in [-0.39, 0.29) is 12.5 Å². The van der Waals surface area contributed by atoms with Gasteiger partial charge in [-0.25, -0.2) is 9.79 Å². The number of benzene rings is 3. The van der Waals surface area contributed by atoms with Crippen molar-refractivity contribution in [2.75, 3.05) is 14.2 Å². The lowest BCUT2D eigenvalue weighted by molar-refractivity contribution is -0.121. The van der Waals surface area contributed by atoms with E-state index in [0.29, 0.717) is 47.7 Å². The zero-order valence-electron chi connectivity index (χ0n) is 19.1. The van der Waals surface area contributed by atoms with Crippen LogP contribution in [0.1, 0.15) is 21.5 Å². The Hall–Kier alpha value is -2.97. The second kappa shape index (κ2) is 11.4. The van der Waals surface area contributed by atoms with Crippen LogP contribution < -0.4 is 4.74 Å². The molecule has 1 amide bonds. The van der Waals surface area contributed by atoms with E-state index >= 15 is 0 Å². The van der Waals surface area contributed by atoms with Gasteiger partial charge in [-0.2, -0.15) is 0 Å². The molecule has 0 N–H and O–H groups in total. The molecule has 0 bridgehead atoms. The van der Waals surface area contributed by atoms with Crippen LogP contribution in [0.3, 0.4) is 0 Å². The third-order valence-corrected chi connectivity index (χ3v) is 7.01. The van der Waals surface area contributed by atoms with Crippen molar-refractivity contribution in [3.8, 4) is 5.75 Å². The molecule has 184 valence electrons. The topological polar surface area (TPSA) is 68.2 Å². The van der Waals surface area contributed by atoms with Crippen molar-refractivity contribution in [3.05, 3.63) is 97.3 Å². The van der Waals surface area contributed by atoms with Crippen LogP contribution in [0.2, 0.25) is 15.1 Å². The molecule has 1 saturated heterocycles. The Morgan fingerprint density at radius 3 is 2.28 bits per heavy atom. The minimum Gasteiger partial charge on any atom is -0.486 e. The molecule has 1 aliphatic heterocycles. The lowest BCUT2D eigenvalue weighted by Gasteiger charge is -2.11. The van der Waals surface area contributed by atoms with Crippen LogP contribution in [0.25, 0.3) is 6.08 Å². The van der Waals surface area contributed by atoms with Crippen molar-refractivity contribution in [1.29, 1.82) is 0 Å². The van der Waals surface area contributed by atoms with Gasteiger partial charge in [0, 0.05) is 12.1 Å². The molecule has 0 atom stereocenters. The van der Waals surface area contributed by atoms with Gasteiger partial charge < -0.3 is 9.47 Å². The summed E-state index contributed by atoms with van der Waals surface area (Å²) in [7, 11) is 2.97. The van der Waals surface area contributed by atoms with E-state index < -0.39 is 5.97 Å². The van der Waals surface area contributed by atoms with Crippen molar-refractivity contribution in [3.63, 3.8) is 0 Å². The van der Waals surface area contributed by atoms with E-state index in [4.69, 9.17) is 44.3 Å². The number of aliphatic imine (C=N–C) groups is 1. The molecule has 1 heterocycles. The highest BCUT2D eigenvalue weighted by atomic mass is 35.5. The number of ether oxygens (including phenoxy) is 2.